The van der Waals surface area contributed by atoms with Crippen LogP contribution >= 0.6 is 11.3 Å². The zero-order valence-corrected chi connectivity index (χ0v) is 14.2. The molecule has 3 rings (SSSR count). The zero-order chi connectivity index (χ0) is 16.3. The van der Waals surface area contributed by atoms with Crippen LogP contribution in [0, 0.1) is 5.82 Å². The normalized spacial score (nSPS) is 17.4. The van der Waals surface area contributed by atoms with Gasteiger partial charge in [-0.3, -0.25) is 4.90 Å². The van der Waals surface area contributed by atoms with Crippen LogP contribution in [-0.4, -0.2) is 33.0 Å². The summed E-state index contributed by atoms with van der Waals surface area (Å²) in [5.74, 6) is -0.728. The van der Waals surface area contributed by atoms with E-state index in [1.165, 1.54) is 18.2 Å². The second-order valence-corrected chi connectivity index (χ2v) is 8.11. The number of hydrogen-bond donors (Lipinski definition) is 1. The maximum absolute atomic E-state index is 13.8. The largest absolute Gasteiger partial charge is 0.295 e. The lowest BCUT2D eigenvalue weighted by Crippen LogP contribution is -2.36. The van der Waals surface area contributed by atoms with E-state index in [1.807, 2.05) is 16.8 Å². The molecule has 0 radical (unpaired) electrons. The molecule has 1 aromatic carbocycles. The van der Waals surface area contributed by atoms with Gasteiger partial charge in [0.05, 0.1) is 0 Å². The molecule has 1 aliphatic heterocycles. The van der Waals surface area contributed by atoms with Crippen molar-refractivity contribution in [2.45, 2.75) is 23.8 Å². The van der Waals surface area contributed by atoms with Crippen molar-refractivity contribution in [2.24, 2.45) is 0 Å². The molecule has 1 fully saturated rings. The minimum Gasteiger partial charge on any atom is -0.295 e. The molecule has 1 atom stereocenters. The summed E-state index contributed by atoms with van der Waals surface area (Å²) in [4.78, 5) is 1.98. The van der Waals surface area contributed by atoms with E-state index in [1.54, 1.807) is 11.3 Å². The van der Waals surface area contributed by atoms with Crippen molar-refractivity contribution in [2.75, 3.05) is 19.6 Å². The molecule has 23 heavy (non-hydrogen) atoms. The molecule has 1 aromatic heterocycles. The van der Waals surface area contributed by atoms with Crippen LogP contribution in [0.1, 0.15) is 24.4 Å². The third kappa shape index (κ3) is 3.80. The van der Waals surface area contributed by atoms with Gasteiger partial charge in [0.1, 0.15) is 10.7 Å². The number of sulfonamides is 1. The fourth-order valence-corrected chi connectivity index (χ4v) is 4.73. The number of thiophene rings is 1. The Morgan fingerprint density at radius 2 is 1.96 bits per heavy atom. The van der Waals surface area contributed by atoms with Gasteiger partial charge in [0.2, 0.25) is 10.0 Å². The van der Waals surface area contributed by atoms with E-state index in [0.29, 0.717) is 0 Å². The van der Waals surface area contributed by atoms with Crippen molar-refractivity contribution in [3.63, 3.8) is 0 Å². The Bertz CT molecular complexity index is 741. The van der Waals surface area contributed by atoms with Gasteiger partial charge >= 0.3 is 0 Å². The summed E-state index contributed by atoms with van der Waals surface area (Å²) < 4.78 is 41.1. The Labute approximate surface area is 140 Å². The first-order valence-corrected chi connectivity index (χ1v) is 10.0. The SMILES string of the molecule is O=S(=O)(NC[C@H](c1ccsc1)N1CCCC1)c1ccccc1F. The van der Waals surface area contributed by atoms with Gasteiger partial charge in [-0.05, 0) is 60.5 Å². The molecular weight excluding hydrogens is 335 g/mol. The van der Waals surface area contributed by atoms with Gasteiger partial charge in [-0.25, -0.2) is 17.5 Å². The van der Waals surface area contributed by atoms with E-state index >= 15 is 0 Å². The maximum atomic E-state index is 13.8. The van der Waals surface area contributed by atoms with Gasteiger partial charge in [-0.15, -0.1) is 0 Å². The molecule has 0 spiro atoms. The Balaban J connectivity index is 1.77. The second kappa shape index (κ2) is 7.09. The predicted molar refractivity (Wildman–Crippen MR) is 89.5 cm³/mol. The monoisotopic (exact) mass is 354 g/mol. The molecule has 2 heterocycles. The summed E-state index contributed by atoms with van der Waals surface area (Å²) in [6.07, 6.45) is 2.25. The molecule has 1 saturated heterocycles. The smallest absolute Gasteiger partial charge is 0.243 e. The highest BCUT2D eigenvalue weighted by molar-refractivity contribution is 7.89. The summed E-state index contributed by atoms with van der Waals surface area (Å²) in [5, 5.41) is 4.03. The van der Waals surface area contributed by atoms with Gasteiger partial charge in [0, 0.05) is 12.6 Å². The van der Waals surface area contributed by atoms with E-state index in [-0.39, 0.29) is 17.5 Å². The third-order valence-electron chi connectivity index (χ3n) is 4.10. The summed E-state index contributed by atoms with van der Waals surface area (Å²) >= 11 is 1.59. The van der Waals surface area contributed by atoms with Crippen LogP contribution in [0.15, 0.2) is 46.0 Å². The highest BCUT2D eigenvalue weighted by Crippen LogP contribution is 2.26. The number of rotatable bonds is 6. The van der Waals surface area contributed by atoms with Crippen molar-refractivity contribution < 1.29 is 12.8 Å². The molecule has 0 bridgehead atoms. The minimum atomic E-state index is -3.85. The zero-order valence-electron chi connectivity index (χ0n) is 12.6. The number of hydrogen-bond acceptors (Lipinski definition) is 4. The lowest BCUT2D eigenvalue weighted by molar-refractivity contribution is 0.247. The Morgan fingerprint density at radius 3 is 2.61 bits per heavy atom. The fraction of sp³-hybridized carbons (Fsp3) is 0.375. The highest BCUT2D eigenvalue weighted by atomic mass is 32.2. The standard InChI is InChI=1S/C16H19FN2O2S2/c17-14-5-1-2-6-16(14)23(20,21)18-11-15(13-7-10-22-12-13)19-8-3-4-9-19/h1-2,5-7,10,12,15,18H,3-4,8-9,11H2/t15-/m1/s1. The molecule has 0 unspecified atom stereocenters. The van der Waals surface area contributed by atoms with E-state index in [4.69, 9.17) is 0 Å². The van der Waals surface area contributed by atoms with Crippen LogP contribution in [0.25, 0.3) is 0 Å². The summed E-state index contributed by atoms with van der Waals surface area (Å²) in [7, 11) is -3.85. The predicted octanol–water partition coefficient (Wildman–Crippen LogP) is 3.00. The summed E-state index contributed by atoms with van der Waals surface area (Å²) in [6, 6.07) is 7.45. The minimum absolute atomic E-state index is 0.00898. The molecule has 2 aromatic rings. The van der Waals surface area contributed by atoms with E-state index in [0.717, 1.165) is 37.6 Å². The van der Waals surface area contributed by atoms with Crippen LogP contribution in [0.3, 0.4) is 0 Å². The first-order valence-electron chi connectivity index (χ1n) is 7.58. The third-order valence-corrected chi connectivity index (χ3v) is 6.26. The molecular formula is C16H19FN2O2S2. The number of nitrogens with zero attached hydrogens (tertiary/aromatic N) is 1. The van der Waals surface area contributed by atoms with Gasteiger partial charge in [-0.2, -0.15) is 11.3 Å². The first-order chi connectivity index (χ1) is 11.1. The molecule has 7 heteroatoms. The topological polar surface area (TPSA) is 49.4 Å². The molecule has 0 saturated carbocycles. The number of nitrogens with one attached hydrogen (secondary N) is 1. The van der Waals surface area contributed by atoms with Crippen LogP contribution in [0.2, 0.25) is 0 Å². The van der Waals surface area contributed by atoms with Gasteiger partial charge in [-0.1, -0.05) is 12.1 Å². The quantitative estimate of drug-likeness (QED) is 0.868. The first kappa shape index (κ1) is 16.6. The lowest BCUT2D eigenvalue weighted by Gasteiger charge is -2.27. The summed E-state index contributed by atoms with van der Waals surface area (Å²) in [5.41, 5.74) is 1.10. The number of benzene rings is 1. The van der Waals surface area contributed by atoms with E-state index < -0.39 is 15.8 Å². The molecule has 0 aliphatic carbocycles. The van der Waals surface area contributed by atoms with Crippen LogP contribution in [0.5, 0.6) is 0 Å². The van der Waals surface area contributed by atoms with Gasteiger partial charge in [0.15, 0.2) is 0 Å². The molecule has 124 valence electrons. The van der Waals surface area contributed by atoms with Crippen molar-refractivity contribution in [3.8, 4) is 0 Å². The molecule has 0 amide bonds. The molecule has 1 N–H and O–H groups in total. The van der Waals surface area contributed by atoms with Crippen molar-refractivity contribution >= 4 is 21.4 Å². The maximum Gasteiger partial charge on any atom is 0.243 e. The summed E-state index contributed by atoms with van der Waals surface area (Å²) in [6.45, 7) is 2.16. The van der Waals surface area contributed by atoms with Gasteiger partial charge < -0.3 is 0 Å². The van der Waals surface area contributed by atoms with Crippen LogP contribution in [0.4, 0.5) is 4.39 Å². The Kier molecular flexibility index (Phi) is 5.11. The molecule has 1 aliphatic rings. The van der Waals surface area contributed by atoms with Crippen molar-refractivity contribution in [3.05, 3.63) is 52.5 Å². The molecule has 4 nitrogen and oxygen atoms in total. The lowest BCUT2D eigenvalue weighted by atomic mass is 10.1. The van der Waals surface area contributed by atoms with Crippen molar-refractivity contribution in [1.29, 1.82) is 0 Å². The Hall–Kier alpha value is -1.28. The van der Waals surface area contributed by atoms with E-state index in [9.17, 15) is 12.8 Å². The second-order valence-electron chi connectivity index (χ2n) is 5.60. The Morgan fingerprint density at radius 1 is 1.22 bits per heavy atom. The average molecular weight is 354 g/mol. The van der Waals surface area contributed by atoms with E-state index in [2.05, 4.69) is 9.62 Å². The van der Waals surface area contributed by atoms with Crippen LogP contribution < -0.4 is 4.72 Å². The number of halogens is 1. The van der Waals surface area contributed by atoms with Crippen LogP contribution in [-0.2, 0) is 10.0 Å². The van der Waals surface area contributed by atoms with Gasteiger partial charge in [0.25, 0.3) is 0 Å². The average Bonchev–Trinajstić information content (AvgIpc) is 3.21. The highest BCUT2D eigenvalue weighted by Gasteiger charge is 2.26. The fourth-order valence-electron chi connectivity index (χ4n) is 2.90. The van der Waals surface area contributed by atoms with Crippen molar-refractivity contribution in [1.82, 2.24) is 9.62 Å². The number of likely N-dealkylation sites (tertiary alicyclic amines) is 1.